The first-order valence-corrected chi connectivity index (χ1v) is 13.9. The van der Waals surface area contributed by atoms with Crippen molar-refractivity contribution in [3.63, 3.8) is 0 Å². The predicted octanol–water partition coefficient (Wildman–Crippen LogP) is 1.80. The Bertz CT molecular complexity index is 979. The van der Waals surface area contributed by atoms with Gasteiger partial charge in [0.1, 0.15) is 12.4 Å². The zero-order valence-electron chi connectivity index (χ0n) is 22.2. The maximum Gasteiger partial charge on any atom is 0.430 e. The summed E-state index contributed by atoms with van der Waals surface area (Å²) < 4.78 is 17.4. The second-order valence-electron chi connectivity index (χ2n) is 10.0. The normalized spacial score (nSPS) is 25.0. The minimum atomic E-state index is -0.644. The number of rotatable bonds is 9. The molecule has 4 heterocycles. The van der Waals surface area contributed by atoms with E-state index in [0.717, 1.165) is 43.7 Å². The Balaban J connectivity index is 1.43. The van der Waals surface area contributed by atoms with Crippen LogP contribution in [0.5, 0.6) is 0 Å². The van der Waals surface area contributed by atoms with E-state index in [4.69, 9.17) is 14.2 Å². The monoisotopic (exact) mass is 528 g/mol. The van der Waals surface area contributed by atoms with Crippen molar-refractivity contribution >= 4 is 12.0 Å². The molecule has 2 atom stereocenters. The molecule has 2 amide bonds. The van der Waals surface area contributed by atoms with Gasteiger partial charge in [-0.3, -0.25) is 10.1 Å². The molecule has 3 N–H and O–H groups in total. The molecule has 2 fully saturated rings. The average molecular weight is 529 g/mol. The summed E-state index contributed by atoms with van der Waals surface area (Å²) in [5.74, 6) is -0.228. The fraction of sp³-hybridized carbons (Fsp3) is 0.630. The molecule has 11 nitrogen and oxygen atoms in total. The molecule has 11 heteroatoms. The highest BCUT2D eigenvalue weighted by molar-refractivity contribution is 5.94. The fourth-order valence-corrected chi connectivity index (χ4v) is 5.55. The number of hydrogen-bond donors (Lipinski definition) is 3. The highest BCUT2D eigenvalue weighted by Gasteiger charge is 2.48. The summed E-state index contributed by atoms with van der Waals surface area (Å²) in [5.41, 5.74) is 5.69. The molecule has 4 aliphatic rings. The van der Waals surface area contributed by atoms with Crippen molar-refractivity contribution in [2.24, 2.45) is 0 Å². The van der Waals surface area contributed by atoms with Crippen LogP contribution in [0.4, 0.5) is 4.79 Å². The van der Waals surface area contributed by atoms with Crippen LogP contribution in [0.3, 0.4) is 0 Å². The van der Waals surface area contributed by atoms with Gasteiger partial charge in [0.2, 0.25) is 0 Å². The zero-order valence-corrected chi connectivity index (χ0v) is 22.2. The first-order valence-electron chi connectivity index (χ1n) is 13.9. The molecule has 4 aliphatic heterocycles. The number of likely N-dealkylation sites (tertiary alicyclic amines) is 1. The van der Waals surface area contributed by atoms with E-state index in [2.05, 4.69) is 21.0 Å². The van der Waals surface area contributed by atoms with Crippen molar-refractivity contribution in [1.29, 1.82) is 0 Å². The molecule has 0 saturated carbocycles. The molecule has 0 spiro atoms. The lowest BCUT2D eigenvalue weighted by Gasteiger charge is -2.37. The summed E-state index contributed by atoms with van der Waals surface area (Å²) in [6.07, 6.45) is 3.09. The van der Waals surface area contributed by atoms with Gasteiger partial charge in [0.15, 0.2) is 0 Å². The van der Waals surface area contributed by atoms with Gasteiger partial charge in [-0.2, -0.15) is 5.01 Å². The summed E-state index contributed by atoms with van der Waals surface area (Å²) >= 11 is 0. The molecule has 0 aromatic heterocycles. The second-order valence-corrected chi connectivity index (χ2v) is 10.0. The Labute approximate surface area is 224 Å². The van der Waals surface area contributed by atoms with Crippen LogP contribution in [0.1, 0.15) is 49.4 Å². The lowest BCUT2D eigenvalue weighted by molar-refractivity contribution is -0.0702. The number of amides is 2. The Morgan fingerprint density at radius 2 is 1.89 bits per heavy atom. The van der Waals surface area contributed by atoms with E-state index in [1.807, 2.05) is 18.2 Å². The van der Waals surface area contributed by atoms with Crippen LogP contribution < -0.4 is 16.1 Å². The molecule has 2 saturated heterocycles. The smallest absolute Gasteiger partial charge is 0.430 e. The van der Waals surface area contributed by atoms with Gasteiger partial charge in [-0.25, -0.2) is 10.2 Å². The third kappa shape index (κ3) is 6.19. The first-order chi connectivity index (χ1) is 18.7. The Morgan fingerprint density at radius 1 is 1.13 bits per heavy atom. The minimum absolute atomic E-state index is 0.0839. The summed E-state index contributed by atoms with van der Waals surface area (Å²) in [6.45, 7) is 7.58. The third-order valence-corrected chi connectivity index (χ3v) is 7.49. The minimum Gasteiger partial charge on any atom is -0.448 e. The van der Waals surface area contributed by atoms with E-state index in [9.17, 15) is 9.59 Å². The highest BCUT2D eigenvalue weighted by atomic mass is 16.6. The van der Waals surface area contributed by atoms with Crippen LogP contribution in [0.15, 0.2) is 41.6 Å². The van der Waals surface area contributed by atoms with Crippen molar-refractivity contribution in [3.8, 4) is 0 Å². The fourth-order valence-electron chi connectivity index (χ4n) is 5.55. The van der Waals surface area contributed by atoms with Crippen molar-refractivity contribution in [3.05, 3.63) is 47.2 Å². The summed E-state index contributed by atoms with van der Waals surface area (Å²) in [6, 6.07) is 9.20. The van der Waals surface area contributed by atoms with Crippen LogP contribution in [0.2, 0.25) is 0 Å². The highest BCUT2D eigenvalue weighted by Crippen LogP contribution is 2.35. The molecular formula is C27H40N6O5. The summed E-state index contributed by atoms with van der Waals surface area (Å²) in [5, 5.41) is 9.95. The molecule has 208 valence electrons. The van der Waals surface area contributed by atoms with Gasteiger partial charge in [-0.05, 0) is 57.8 Å². The number of hydrazine groups is 2. The molecule has 1 aromatic rings. The van der Waals surface area contributed by atoms with Gasteiger partial charge < -0.3 is 24.4 Å². The molecule has 1 aromatic carbocycles. The molecule has 0 bridgehead atoms. The van der Waals surface area contributed by atoms with Crippen molar-refractivity contribution in [2.75, 3.05) is 52.6 Å². The van der Waals surface area contributed by atoms with Crippen molar-refractivity contribution in [2.45, 2.75) is 57.5 Å². The van der Waals surface area contributed by atoms with Gasteiger partial charge in [0.25, 0.3) is 5.91 Å². The standard InChI is InChI=1S/C27H40N6O5/c1-2-37-27(35)32-22-10-13-28-26(38-19-16-31-14-6-7-15-31)23(22)24(29-25(34)20-8-4-3-5-9-20)33(32)30-21-11-17-36-18-12-21/h3-5,8-9,21,24,26,28,30H,2,6-7,10-19H2,1H3,(H,29,34). The number of nitrogens with one attached hydrogen (secondary N) is 3. The van der Waals surface area contributed by atoms with E-state index in [-0.39, 0.29) is 18.6 Å². The largest absolute Gasteiger partial charge is 0.448 e. The molecule has 0 radical (unpaired) electrons. The van der Waals surface area contributed by atoms with E-state index < -0.39 is 18.5 Å². The summed E-state index contributed by atoms with van der Waals surface area (Å²) in [7, 11) is 0. The number of hydrogen-bond acceptors (Lipinski definition) is 9. The number of carbonyl (C=O) groups excluding carboxylic acids is 2. The van der Waals surface area contributed by atoms with Gasteiger partial charge in [-0.15, -0.1) is 5.12 Å². The van der Waals surface area contributed by atoms with Gasteiger partial charge in [0.05, 0.1) is 18.9 Å². The Hall–Kier alpha value is -2.54. The Kier molecular flexibility index (Phi) is 9.26. The van der Waals surface area contributed by atoms with E-state index in [1.54, 1.807) is 29.2 Å². The van der Waals surface area contributed by atoms with Gasteiger partial charge in [0, 0.05) is 49.9 Å². The van der Waals surface area contributed by atoms with E-state index >= 15 is 0 Å². The zero-order chi connectivity index (χ0) is 26.3. The number of carbonyl (C=O) groups is 2. The van der Waals surface area contributed by atoms with Crippen LogP contribution >= 0.6 is 0 Å². The Morgan fingerprint density at radius 3 is 2.63 bits per heavy atom. The number of benzene rings is 1. The van der Waals surface area contributed by atoms with Crippen molar-refractivity contribution in [1.82, 2.24) is 31.1 Å². The first kappa shape index (κ1) is 27.0. The lowest BCUT2D eigenvalue weighted by Crippen LogP contribution is -2.62. The van der Waals surface area contributed by atoms with E-state index in [1.165, 1.54) is 12.8 Å². The quantitative estimate of drug-likeness (QED) is 0.442. The molecular weight excluding hydrogens is 488 g/mol. The maximum absolute atomic E-state index is 13.4. The number of ether oxygens (including phenoxy) is 3. The molecule has 38 heavy (non-hydrogen) atoms. The molecule has 0 aliphatic carbocycles. The average Bonchev–Trinajstić information content (AvgIpc) is 3.57. The van der Waals surface area contributed by atoms with Crippen LogP contribution in [-0.4, -0.2) is 98.1 Å². The van der Waals surface area contributed by atoms with Gasteiger partial charge in [-0.1, -0.05) is 18.2 Å². The van der Waals surface area contributed by atoms with Gasteiger partial charge >= 0.3 is 6.09 Å². The maximum atomic E-state index is 13.4. The molecule has 2 unspecified atom stereocenters. The number of nitrogens with zero attached hydrogens (tertiary/aromatic N) is 3. The second kappa shape index (κ2) is 13.0. The van der Waals surface area contributed by atoms with Crippen LogP contribution in [-0.2, 0) is 14.2 Å². The van der Waals surface area contributed by atoms with Crippen LogP contribution in [0.25, 0.3) is 0 Å². The topological polar surface area (TPSA) is 108 Å². The molecule has 5 rings (SSSR count). The van der Waals surface area contributed by atoms with Crippen molar-refractivity contribution < 1.29 is 23.8 Å². The SMILES string of the molecule is CCOC(=O)N1C2=C(C(OCCN3CCCC3)NCC2)C(NC(=O)c2ccccc2)N1NC1CCOCC1. The van der Waals surface area contributed by atoms with Crippen LogP contribution in [0, 0.1) is 0 Å². The summed E-state index contributed by atoms with van der Waals surface area (Å²) in [4.78, 5) is 29.1. The third-order valence-electron chi connectivity index (χ3n) is 7.49. The van der Waals surface area contributed by atoms with E-state index in [0.29, 0.717) is 38.3 Å². The predicted molar refractivity (Wildman–Crippen MR) is 140 cm³/mol. The lowest BCUT2D eigenvalue weighted by atomic mass is 10.0.